The molecule has 1 saturated heterocycles. The van der Waals surface area contributed by atoms with Crippen LogP contribution in [0.3, 0.4) is 0 Å². The van der Waals surface area contributed by atoms with Gasteiger partial charge in [0.15, 0.2) is 0 Å². The van der Waals surface area contributed by atoms with Crippen LogP contribution in [-0.4, -0.2) is 26.3 Å². The van der Waals surface area contributed by atoms with E-state index in [4.69, 9.17) is 4.74 Å². The van der Waals surface area contributed by atoms with Crippen molar-refractivity contribution in [1.82, 2.24) is 5.32 Å². The van der Waals surface area contributed by atoms with Crippen molar-refractivity contribution in [1.29, 1.82) is 0 Å². The Morgan fingerprint density at radius 1 is 1.33 bits per heavy atom. The van der Waals surface area contributed by atoms with E-state index in [1.165, 1.54) is 12.8 Å². The van der Waals surface area contributed by atoms with Crippen molar-refractivity contribution in [3.63, 3.8) is 0 Å². The van der Waals surface area contributed by atoms with Crippen LogP contribution in [0.25, 0.3) is 0 Å². The summed E-state index contributed by atoms with van der Waals surface area (Å²) in [5, 5.41) is 3.27. The summed E-state index contributed by atoms with van der Waals surface area (Å²) < 4.78 is 5.15. The van der Waals surface area contributed by atoms with Gasteiger partial charge in [0.05, 0.1) is 6.10 Å². The van der Waals surface area contributed by atoms with Crippen LogP contribution in [0.5, 0.6) is 0 Å². The van der Waals surface area contributed by atoms with Crippen molar-refractivity contribution in [2.45, 2.75) is 26.4 Å². The Labute approximate surface area is 57.6 Å². The molecule has 1 heterocycles. The van der Waals surface area contributed by atoms with E-state index in [0.717, 1.165) is 13.1 Å². The van der Waals surface area contributed by atoms with Crippen LogP contribution < -0.4 is 5.32 Å². The summed E-state index contributed by atoms with van der Waals surface area (Å²) in [6, 6.07) is 0. The number of rotatable bonds is 1. The van der Waals surface area contributed by atoms with Crippen molar-refractivity contribution in [3.8, 4) is 0 Å². The Hall–Kier alpha value is -0.0800. The van der Waals surface area contributed by atoms with Gasteiger partial charge < -0.3 is 10.1 Å². The summed E-state index contributed by atoms with van der Waals surface area (Å²) in [4.78, 5) is 0. The van der Waals surface area contributed by atoms with Crippen LogP contribution in [0.1, 0.15) is 20.3 Å². The van der Waals surface area contributed by atoms with E-state index in [1.54, 1.807) is 7.11 Å². The molecule has 0 unspecified atom stereocenters. The van der Waals surface area contributed by atoms with Crippen LogP contribution >= 0.6 is 0 Å². The minimum Gasteiger partial charge on any atom is -0.381 e. The Balaban J connectivity index is 0.000000640. The molecule has 0 amide bonds. The second-order valence-electron chi connectivity index (χ2n) is 2.19. The first kappa shape index (κ1) is 8.92. The highest BCUT2D eigenvalue weighted by Gasteiger charge is 2.09. The quantitative estimate of drug-likeness (QED) is 0.573. The monoisotopic (exact) mass is 131 g/mol. The van der Waals surface area contributed by atoms with E-state index in [1.807, 2.05) is 0 Å². The average Bonchev–Trinajstić information content (AvgIpc) is 1.90. The van der Waals surface area contributed by atoms with Crippen molar-refractivity contribution in [3.05, 3.63) is 0 Å². The molecule has 1 aliphatic heterocycles. The highest BCUT2D eigenvalue weighted by molar-refractivity contribution is 4.66. The van der Waals surface area contributed by atoms with Gasteiger partial charge in [0.2, 0.25) is 0 Å². The Bertz CT molecular complexity index is 59.9. The molecule has 0 saturated carbocycles. The fraction of sp³-hybridized carbons (Fsp3) is 1.00. The van der Waals surface area contributed by atoms with Crippen molar-refractivity contribution >= 4 is 0 Å². The highest BCUT2D eigenvalue weighted by Crippen LogP contribution is 2.04. The molecule has 1 rings (SSSR count). The zero-order valence-corrected chi connectivity index (χ0v) is 5.31. The fourth-order valence-corrected chi connectivity index (χ4v) is 1.03. The van der Waals surface area contributed by atoms with Gasteiger partial charge in [-0.15, -0.1) is 0 Å². The summed E-state index contributed by atoms with van der Waals surface area (Å²) in [5.74, 6) is 0. The number of hydrogen-bond donors (Lipinski definition) is 1. The summed E-state index contributed by atoms with van der Waals surface area (Å²) in [5.41, 5.74) is 0. The van der Waals surface area contributed by atoms with Crippen LogP contribution in [0.4, 0.5) is 0 Å². The van der Waals surface area contributed by atoms with E-state index in [-0.39, 0.29) is 7.43 Å². The maximum absolute atomic E-state index is 5.15. The van der Waals surface area contributed by atoms with Gasteiger partial charge in [-0.2, -0.15) is 0 Å². The first-order valence-corrected chi connectivity index (χ1v) is 3.17. The highest BCUT2D eigenvalue weighted by atomic mass is 16.5. The second kappa shape index (κ2) is 4.77. The molecule has 9 heavy (non-hydrogen) atoms. The van der Waals surface area contributed by atoms with Gasteiger partial charge in [-0.05, 0) is 25.9 Å². The third kappa shape index (κ3) is 2.82. The predicted octanol–water partition coefficient (Wildman–Crippen LogP) is 1.02. The lowest BCUT2D eigenvalue weighted by molar-refractivity contribution is 0.0765. The van der Waals surface area contributed by atoms with Gasteiger partial charge in [-0.25, -0.2) is 0 Å². The molecule has 0 aromatic rings. The van der Waals surface area contributed by atoms with Crippen LogP contribution in [-0.2, 0) is 4.74 Å². The zero-order valence-electron chi connectivity index (χ0n) is 5.31. The molecular formula is C7H17NO. The van der Waals surface area contributed by atoms with Crippen LogP contribution in [0.2, 0.25) is 0 Å². The van der Waals surface area contributed by atoms with E-state index < -0.39 is 0 Å². The summed E-state index contributed by atoms with van der Waals surface area (Å²) in [6.07, 6.45) is 2.88. The minimum atomic E-state index is 0. The summed E-state index contributed by atoms with van der Waals surface area (Å²) >= 11 is 0. The van der Waals surface area contributed by atoms with Crippen LogP contribution in [0, 0.1) is 0 Å². The number of ether oxygens (including phenoxy) is 1. The summed E-state index contributed by atoms with van der Waals surface area (Å²) in [6.45, 7) is 2.25. The molecule has 0 radical (unpaired) electrons. The maximum Gasteiger partial charge on any atom is 0.0595 e. The lowest BCUT2D eigenvalue weighted by Crippen LogP contribution is -2.31. The van der Waals surface area contributed by atoms with E-state index in [0.29, 0.717) is 6.10 Å². The van der Waals surface area contributed by atoms with Gasteiger partial charge in [-0.1, -0.05) is 7.43 Å². The Morgan fingerprint density at radius 3 is 2.22 bits per heavy atom. The van der Waals surface area contributed by atoms with Gasteiger partial charge in [0.1, 0.15) is 0 Å². The second-order valence-corrected chi connectivity index (χ2v) is 2.19. The molecule has 0 atom stereocenters. The normalized spacial score (nSPS) is 21.0. The minimum absolute atomic E-state index is 0. The summed E-state index contributed by atoms with van der Waals surface area (Å²) in [7, 11) is 1.79. The maximum atomic E-state index is 5.15. The number of piperidine rings is 1. The van der Waals surface area contributed by atoms with E-state index in [9.17, 15) is 0 Å². The molecule has 0 aliphatic carbocycles. The molecule has 0 aromatic carbocycles. The largest absolute Gasteiger partial charge is 0.381 e. The molecule has 2 nitrogen and oxygen atoms in total. The molecule has 1 fully saturated rings. The third-order valence-electron chi connectivity index (χ3n) is 1.62. The lowest BCUT2D eigenvalue weighted by Gasteiger charge is -2.20. The molecule has 0 bridgehead atoms. The smallest absolute Gasteiger partial charge is 0.0595 e. The first-order chi connectivity index (χ1) is 3.93. The molecule has 56 valence electrons. The molecule has 1 aliphatic rings. The van der Waals surface area contributed by atoms with Crippen molar-refractivity contribution in [2.75, 3.05) is 20.2 Å². The Kier molecular flexibility index (Phi) is 4.72. The molecule has 0 aromatic heterocycles. The van der Waals surface area contributed by atoms with Gasteiger partial charge in [0, 0.05) is 7.11 Å². The number of nitrogens with one attached hydrogen (secondary N) is 1. The topological polar surface area (TPSA) is 21.3 Å². The zero-order chi connectivity index (χ0) is 5.82. The van der Waals surface area contributed by atoms with Gasteiger partial charge in [0.25, 0.3) is 0 Å². The molecular weight excluding hydrogens is 114 g/mol. The first-order valence-electron chi connectivity index (χ1n) is 3.17. The third-order valence-corrected chi connectivity index (χ3v) is 1.62. The number of hydrogen-bond acceptors (Lipinski definition) is 2. The Morgan fingerprint density at radius 2 is 1.89 bits per heavy atom. The van der Waals surface area contributed by atoms with Gasteiger partial charge >= 0.3 is 0 Å². The average molecular weight is 131 g/mol. The number of methoxy groups -OCH3 is 1. The van der Waals surface area contributed by atoms with Crippen molar-refractivity contribution in [2.24, 2.45) is 0 Å². The lowest BCUT2D eigenvalue weighted by atomic mass is 10.1. The standard InChI is InChI=1S/C6H13NO.CH4/c1-8-6-2-4-7-5-3-6;/h6-7H,2-5H2,1H3;1H4. The van der Waals surface area contributed by atoms with Gasteiger partial charge in [-0.3, -0.25) is 0 Å². The van der Waals surface area contributed by atoms with E-state index in [2.05, 4.69) is 5.32 Å². The van der Waals surface area contributed by atoms with E-state index >= 15 is 0 Å². The molecule has 1 N–H and O–H groups in total. The van der Waals surface area contributed by atoms with Crippen molar-refractivity contribution < 1.29 is 4.74 Å². The predicted molar refractivity (Wildman–Crippen MR) is 39.6 cm³/mol. The SMILES string of the molecule is C.COC1CCNCC1. The fourth-order valence-electron chi connectivity index (χ4n) is 1.03. The molecule has 0 spiro atoms. The molecule has 2 heteroatoms. The van der Waals surface area contributed by atoms with Crippen LogP contribution in [0.15, 0.2) is 0 Å².